The van der Waals surface area contributed by atoms with E-state index < -0.39 is 0 Å². The minimum atomic E-state index is -0.343. The summed E-state index contributed by atoms with van der Waals surface area (Å²) in [4.78, 5) is 16.2. The van der Waals surface area contributed by atoms with Gasteiger partial charge in [-0.25, -0.2) is 0 Å². The van der Waals surface area contributed by atoms with Crippen molar-refractivity contribution >= 4 is 39.8 Å². The molecule has 0 aliphatic rings. The number of nitrogen functional groups attached to an aromatic ring is 1. The van der Waals surface area contributed by atoms with Crippen molar-refractivity contribution in [2.24, 2.45) is 0 Å². The van der Waals surface area contributed by atoms with Gasteiger partial charge in [0.2, 0.25) is 0 Å². The summed E-state index contributed by atoms with van der Waals surface area (Å²) >= 11 is 5.91. The number of hydrogen-bond donors (Lipinski definition) is 3. The van der Waals surface area contributed by atoms with E-state index in [0.29, 0.717) is 21.8 Å². The zero-order valence-corrected chi connectivity index (χ0v) is 11.0. The molecule has 0 saturated heterocycles. The highest BCUT2D eigenvalue weighted by atomic mass is 35.5. The maximum absolute atomic E-state index is 12.2. The fourth-order valence-electron chi connectivity index (χ4n) is 1.83. The summed E-state index contributed by atoms with van der Waals surface area (Å²) in [6, 6.07) is 6.63. The second kappa shape index (κ2) is 4.82. The van der Waals surface area contributed by atoms with Gasteiger partial charge in [0.15, 0.2) is 5.69 Å². The topological polar surface area (TPSA) is 96.7 Å². The summed E-state index contributed by atoms with van der Waals surface area (Å²) in [6.07, 6.45) is 3.21. The summed E-state index contributed by atoms with van der Waals surface area (Å²) < 4.78 is 0. The Labute approximate surface area is 119 Å². The quantitative estimate of drug-likeness (QED) is 0.631. The lowest BCUT2D eigenvalue weighted by molar-refractivity contribution is 0.102. The van der Waals surface area contributed by atoms with Crippen LogP contribution in [0, 0.1) is 0 Å². The van der Waals surface area contributed by atoms with Crippen molar-refractivity contribution in [1.82, 2.24) is 15.2 Å². The molecule has 0 saturated carbocycles. The Kier molecular flexibility index (Phi) is 3.00. The van der Waals surface area contributed by atoms with Crippen molar-refractivity contribution in [2.75, 3.05) is 11.1 Å². The molecule has 0 radical (unpaired) electrons. The maximum atomic E-state index is 12.2. The summed E-state index contributed by atoms with van der Waals surface area (Å²) in [6.45, 7) is 0. The number of nitrogens with one attached hydrogen (secondary N) is 2. The number of carbonyl (C=O) groups excluding carboxylic acids is 1. The summed E-state index contributed by atoms with van der Waals surface area (Å²) in [5.74, 6) is -0.343. The average molecular weight is 288 g/mol. The highest BCUT2D eigenvalue weighted by Gasteiger charge is 2.14. The number of aromatic amines is 1. The van der Waals surface area contributed by atoms with Crippen molar-refractivity contribution in [2.45, 2.75) is 0 Å². The van der Waals surface area contributed by atoms with Gasteiger partial charge in [-0.05, 0) is 24.3 Å². The summed E-state index contributed by atoms with van der Waals surface area (Å²) in [5, 5.41) is 10.5. The molecule has 20 heavy (non-hydrogen) atoms. The normalized spacial score (nSPS) is 10.7. The fourth-order valence-corrected chi connectivity index (χ4v) is 2.01. The Morgan fingerprint density at radius 3 is 3.00 bits per heavy atom. The van der Waals surface area contributed by atoms with Crippen LogP contribution in [0.2, 0.25) is 5.02 Å². The molecule has 7 heteroatoms. The number of anilines is 2. The van der Waals surface area contributed by atoms with E-state index in [-0.39, 0.29) is 11.6 Å². The van der Waals surface area contributed by atoms with E-state index in [2.05, 4.69) is 20.5 Å². The van der Waals surface area contributed by atoms with E-state index in [1.165, 1.54) is 0 Å². The zero-order chi connectivity index (χ0) is 14.1. The molecular formula is C13H10ClN5O. The van der Waals surface area contributed by atoms with Crippen molar-refractivity contribution < 1.29 is 4.79 Å². The van der Waals surface area contributed by atoms with E-state index >= 15 is 0 Å². The molecule has 0 spiro atoms. The van der Waals surface area contributed by atoms with Crippen LogP contribution in [-0.4, -0.2) is 21.1 Å². The van der Waals surface area contributed by atoms with Crippen LogP contribution in [0.4, 0.5) is 11.4 Å². The first-order chi connectivity index (χ1) is 9.65. The number of hydrogen-bond acceptors (Lipinski definition) is 4. The van der Waals surface area contributed by atoms with Crippen LogP contribution < -0.4 is 11.1 Å². The number of pyridine rings is 1. The lowest BCUT2D eigenvalue weighted by Crippen LogP contribution is -2.12. The highest BCUT2D eigenvalue weighted by molar-refractivity contribution is 6.33. The van der Waals surface area contributed by atoms with Crippen LogP contribution in [0.5, 0.6) is 0 Å². The third-order valence-electron chi connectivity index (χ3n) is 2.84. The van der Waals surface area contributed by atoms with Crippen molar-refractivity contribution in [3.8, 4) is 0 Å². The lowest BCUT2D eigenvalue weighted by Gasteiger charge is -2.05. The molecule has 3 aromatic rings. The fraction of sp³-hybridized carbons (Fsp3) is 0. The molecule has 0 unspecified atom stereocenters. The third kappa shape index (κ3) is 2.17. The molecule has 4 N–H and O–H groups in total. The largest absolute Gasteiger partial charge is 0.398 e. The van der Waals surface area contributed by atoms with Gasteiger partial charge in [0.05, 0.1) is 21.6 Å². The van der Waals surface area contributed by atoms with Gasteiger partial charge >= 0.3 is 0 Å². The van der Waals surface area contributed by atoms with Crippen LogP contribution in [-0.2, 0) is 0 Å². The first-order valence-corrected chi connectivity index (χ1v) is 6.17. The number of benzene rings is 1. The van der Waals surface area contributed by atoms with Crippen LogP contribution in [0.1, 0.15) is 10.5 Å². The third-order valence-corrected chi connectivity index (χ3v) is 3.17. The maximum Gasteiger partial charge on any atom is 0.276 e. The Balaban J connectivity index is 1.91. The minimum Gasteiger partial charge on any atom is -0.398 e. The number of aromatic nitrogens is 3. The Morgan fingerprint density at radius 1 is 1.35 bits per heavy atom. The number of amides is 1. The standard InChI is InChI=1S/C13H10ClN5O/c14-9-5-7(1-2-10(9)15)17-13(20)12-8-6-16-4-3-11(8)18-19-12/h1-6H,15H2,(H,17,20)(H,18,19). The predicted molar refractivity (Wildman–Crippen MR) is 77.7 cm³/mol. The molecular weight excluding hydrogens is 278 g/mol. The van der Waals surface area contributed by atoms with Gasteiger partial charge < -0.3 is 11.1 Å². The van der Waals surface area contributed by atoms with Crippen molar-refractivity contribution in [1.29, 1.82) is 0 Å². The number of nitrogens with two attached hydrogens (primary N) is 1. The molecule has 2 heterocycles. The Hall–Kier alpha value is -2.60. The number of nitrogens with zero attached hydrogens (tertiary/aromatic N) is 2. The average Bonchev–Trinajstić information content (AvgIpc) is 2.87. The number of halogens is 1. The van der Waals surface area contributed by atoms with E-state index in [9.17, 15) is 4.79 Å². The number of fused-ring (bicyclic) bond motifs is 1. The van der Waals surface area contributed by atoms with Crippen molar-refractivity contribution in [3.63, 3.8) is 0 Å². The SMILES string of the molecule is Nc1ccc(NC(=O)c2n[nH]c3ccncc23)cc1Cl. The molecule has 0 bridgehead atoms. The number of H-pyrrole nitrogens is 1. The van der Waals surface area contributed by atoms with Gasteiger partial charge in [0.25, 0.3) is 5.91 Å². The molecule has 0 aliphatic carbocycles. The van der Waals surface area contributed by atoms with Gasteiger partial charge in [-0.15, -0.1) is 0 Å². The highest BCUT2D eigenvalue weighted by Crippen LogP contribution is 2.23. The van der Waals surface area contributed by atoms with Crippen LogP contribution >= 0.6 is 11.6 Å². The van der Waals surface area contributed by atoms with E-state index in [0.717, 1.165) is 5.52 Å². The molecule has 1 amide bonds. The molecule has 0 fully saturated rings. The molecule has 100 valence electrons. The molecule has 3 rings (SSSR count). The summed E-state index contributed by atoms with van der Waals surface area (Å²) in [7, 11) is 0. The van der Waals surface area contributed by atoms with Gasteiger partial charge in [-0.3, -0.25) is 14.9 Å². The van der Waals surface area contributed by atoms with E-state index in [1.54, 1.807) is 36.7 Å². The van der Waals surface area contributed by atoms with E-state index in [1.807, 2.05) is 0 Å². The van der Waals surface area contributed by atoms with Crippen molar-refractivity contribution in [3.05, 3.63) is 47.4 Å². The molecule has 6 nitrogen and oxygen atoms in total. The van der Waals surface area contributed by atoms with Crippen LogP contribution in [0.3, 0.4) is 0 Å². The second-order valence-corrected chi connectivity index (χ2v) is 4.59. The van der Waals surface area contributed by atoms with Gasteiger partial charge in [0, 0.05) is 18.1 Å². The Morgan fingerprint density at radius 2 is 2.20 bits per heavy atom. The van der Waals surface area contributed by atoms with Crippen LogP contribution in [0.25, 0.3) is 10.9 Å². The zero-order valence-electron chi connectivity index (χ0n) is 10.2. The van der Waals surface area contributed by atoms with Gasteiger partial charge in [-0.1, -0.05) is 11.6 Å². The molecule has 2 aromatic heterocycles. The number of carbonyl (C=O) groups is 1. The monoisotopic (exact) mass is 287 g/mol. The van der Waals surface area contributed by atoms with Crippen LogP contribution in [0.15, 0.2) is 36.7 Å². The van der Waals surface area contributed by atoms with Gasteiger partial charge in [-0.2, -0.15) is 5.10 Å². The first kappa shape index (κ1) is 12.4. The van der Waals surface area contributed by atoms with Gasteiger partial charge in [0.1, 0.15) is 0 Å². The molecule has 0 atom stereocenters. The second-order valence-electron chi connectivity index (χ2n) is 4.18. The molecule has 0 aliphatic heterocycles. The summed E-state index contributed by atoms with van der Waals surface area (Å²) in [5.41, 5.74) is 7.66. The van der Waals surface area contributed by atoms with E-state index in [4.69, 9.17) is 17.3 Å². The minimum absolute atomic E-state index is 0.279. The lowest BCUT2D eigenvalue weighted by atomic mass is 10.2. The smallest absolute Gasteiger partial charge is 0.276 e. The number of rotatable bonds is 2. The first-order valence-electron chi connectivity index (χ1n) is 5.79. The predicted octanol–water partition coefficient (Wildman–Crippen LogP) is 2.45. The molecule has 1 aromatic carbocycles. The Bertz CT molecular complexity index is 798.